The first-order chi connectivity index (χ1) is 9.54. The van der Waals surface area contributed by atoms with Gasteiger partial charge in [-0.25, -0.2) is 0 Å². The smallest absolute Gasteiger partial charge is 0.254 e. The third-order valence-corrected chi connectivity index (χ3v) is 4.15. The van der Waals surface area contributed by atoms with Gasteiger partial charge in [0.25, 0.3) is 5.91 Å². The SMILES string of the molecule is CCCNC(=O)c1c(N)sc(C)c1-c1ccc(C)cc1. The van der Waals surface area contributed by atoms with E-state index in [1.54, 1.807) is 0 Å². The molecule has 0 aliphatic rings. The lowest BCUT2D eigenvalue weighted by Gasteiger charge is -2.08. The molecule has 0 saturated carbocycles. The van der Waals surface area contributed by atoms with Crippen LogP contribution in [0.2, 0.25) is 0 Å². The van der Waals surface area contributed by atoms with Gasteiger partial charge in [0.1, 0.15) is 0 Å². The molecule has 0 spiro atoms. The number of nitrogen functional groups attached to an aromatic ring is 1. The first-order valence-electron chi connectivity index (χ1n) is 6.78. The molecule has 0 aliphatic heterocycles. The molecule has 106 valence electrons. The minimum Gasteiger partial charge on any atom is -0.390 e. The largest absolute Gasteiger partial charge is 0.390 e. The van der Waals surface area contributed by atoms with Gasteiger partial charge in [-0.2, -0.15) is 0 Å². The summed E-state index contributed by atoms with van der Waals surface area (Å²) in [5.74, 6) is -0.0794. The number of rotatable bonds is 4. The number of hydrogen-bond donors (Lipinski definition) is 2. The maximum absolute atomic E-state index is 12.3. The Morgan fingerprint density at radius 3 is 2.50 bits per heavy atom. The van der Waals surface area contributed by atoms with E-state index in [4.69, 9.17) is 5.73 Å². The number of nitrogens with two attached hydrogens (primary N) is 1. The van der Waals surface area contributed by atoms with E-state index in [-0.39, 0.29) is 5.91 Å². The Labute approximate surface area is 123 Å². The van der Waals surface area contributed by atoms with E-state index in [0.29, 0.717) is 17.1 Å². The number of benzene rings is 1. The van der Waals surface area contributed by atoms with Crippen molar-refractivity contribution >= 4 is 22.2 Å². The van der Waals surface area contributed by atoms with Gasteiger partial charge in [-0.3, -0.25) is 4.79 Å². The summed E-state index contributed by atoms with van der Waals surface area (Å²) in [6.07, 6.45) is 0.911. The molecule has 2 aromatic rings. The standard InChI is InChI=1S/C16H20N2OS/c1-4-9-18-16(19)14-13(11(3)20-15(14)17)12-7-5-10(2)6-8-12/h5-8H,4,9,17H2,1-3H3,(H,18,19). The molecular weight excluding hydrogens is 268 g/mol. The van der Waals surface area contributed by atoms with Gasteiger partial charge in [-0.1, -0.05) is 36.8 Å². The molecule has 1 aromatic heterocycles. The van der Waals surface area contributed by atoms with Crippen molar-refractivity contribution in [2.24, 2.45) is 0 Å². The number of amides is 1. The molecule has 1 heterocycles. The Kier molecular flexibility index (Phi) is 4.45. The van der Waals surface area contributed by atoms with Gasteiger partial charge in [0.05, 0.1) is 10.6 Å². The lowest BCUT2D eigenvalue weighted by molar-refractivity contribution is 0.0955. The number of thiophene rings is 1. The van der Waals surface area contributed by atoms with Crippen molar-refractivity contribution < 1.29 is 4.79 Å². The van der Waals surface area contributed by atoms with Crippen LogP contribution in [-0.4, -0.2) is 12.5 Å². The fraction of sp³-hybridized carbons (Fsp3) is 0.312. The predicted octanol–water partition coefficient (Wildman–Crippen LogP) is 3.75. The van der Waals surface area contributed by atoms with Crippen LogP contribution in [0.3, 0.4) is 0 Å². The average Bonchev–Trinajstić information content (AvgIpc) is 2.72. The number of hydrogen-bond acceptors (Lipinski definition) is 3. The molecule has 3 nitrogen and oxygen atoms in total. The number of carbonyl (C=O) groups is 1. The fourth-order valence-corrected chi connectivity index (χ4v) is 3.14. The maximum Gasteiger partial charge on any atom is 0.254 e. The maximum atomic E-state index is 12.3. The molecule has 2 rings (SSSR count). The van der Waals surface area contributed by atoms with Crippen LogP contribution in [0, 0.1) is 13.8 Å². The van der Waals surface area contributed by atoms with Crippen molar-refractivity contribution in [1.29, 1.82) is 0 Å². The van der Waals surface area contributed by atoms with Crippen LogP contribution in [0.4, 0.5) is 5.00 Å². The van der Waals surface area contributed by atoms with Gasteiger partial charge in [0.15, 0.2) is 0 Å². The first-order valence-corrected chi connectivity index (χ1v) is 7.60. The lowest BCUT2D eigenvalue weighted by Crippen LogP contribution is -2.24. The highest BCUT2D eigenvalue weighted by Crippen LogP contribution is 2.38. The normalized spacial score (nSPS) is 10.6. The van der Waals surface area contributed by atoms with Crippen LogP contribution < -0.4 is 11.1 Å². The third-order valence-electron chi connectivity index (χ3n) is 3.21. The molecular formula is C16H20N2OS. The van der Waals surface area contributed by atoms with Crippen molar-refractivity contribution in [3.8, 4) is 11.1 Å². The molecule has 3 N–H and O–H groups in total. The second-order valence-electron chi connectivity index (χ2n) is 4.89. The van der Waals surface area contributed by atoms with E-state index >= 15 is 0 Å². The summed E-state index contributed by atoms with van der Waals surface area (Å²) in [6, 6.07) is 8.19. The topological polar surface area (TPSA) is 55.1 Å². The van der Waals surface area contributed by atoms with E-state index < -0.39 is 0 Å². The van der Waals surface area contributed by atoms with Gasteiger partial charge in [0.2, 0.25) is 0 Å². The molecule has 1 aromatic carbocycles. The number of carbonyl (C=O) groups excluding carboxylic acids is 1. The van der Waals surface area contributed by atoms with Crippen LogP contribution in [-0.2, 0) is 0 Å². The summed E-state index contributed by atoms with van der Waals surface area (Å²) in [4.78, 5) is 13.4. The third kappa shape index (κ3) is 2.85. The fourth-order valence-electron chi connectivity index (χ4n) is 2.19. The van der Waals surface area contributed by atoms with Crippen LogP contribution >= 0.6 is 11.3 Å². The van der Waals surface area contributed by atoms with Crippen LogP contribution in [0.15, 0.2) is 24.3 Å². The van der Waals surface area contributed by atoms with E-state index in [1.165, 1.54) is 16.9 Å². The molecule has 20 heavy (non-hydrogen) atoms. The van der Waals surface area contributed by atoms with Crippen LogP contribution in [0.5, 0.6) is 0 Å². The Balaban J connectivity index is 2.47. The zero-order chi connectivity index (χ0) is 14.7. The van der Waals surface area contributed by atoms with Crippen molar-refractivity contribution in [3.05, 3.63) is 40.3 Å². The van der Waals surface area contributed by atoms with Gasteiger partial charge in [-0.15, -0.1) is 11.3 Å². The Morgan fingerprint density at radius 1 is 1.25 bits per heavy atom. The summed E-state index contributed by atoms with van der Waals surface area (Å²) >= 11 is 1.47. The van der Waals surface area contributed by atoms with Crippen molar-refractivity contribution in [2.45, 2.75) is 27.2 Å². The zero-order valence-electron chi connectivity index (χ0n) is 12.1. The van der Waals surface area contributed by atoms with Crippen molar-refractivity contribution in [1.82, 2.24) is 5.32 Å². The van der Waals surface area contributed by atoms with E-state index in [0.717, 1.165) is 22.4 Å². The molecule has 1 amide bonds. The van der Waals surface area contributed by atoms with Gasteiger partial charge < -0.3 is 11.1 Å². The lowest BCUT2D eigenvalue weighted by atomic mass is 10.00. The number of nitrogens with one attached hydrogen (secondary N) is 1. The minimum atomic E-state index is -0.0794. The molecule has 0 atom stereocenters. The van der Waals surface area contributed by atoms with E-state index in [1.807, 2.05) is 32.9 Å². The monoisotopic (exact) mass is 288 g/mol. The number of anilines is 1. The predicted molar refractivity (Wildman–Crippen MR) is 86.3 cm³/mol. The molecule has 0 saturated heterocycles. The highest BCUT2D eigenvalue weighted by molar-refractivity contribution is 7.16. The van der Waals surface area contributed by atoms with E-state index in [9.17, 15) is 4.79 Å². The zero-order valence-corrected chi connectivity index (χ0v) is 12.9. The number of aryl methyl sites for hydroxylation is 2. The molecule has 4 heteroatoms. The summed E-state index contributed by atoms with van der Waals surface area (Å²) in [7, 11) is 0. The van der Waals surface area contributed by atoms with Gasteiger partial charge in [0, 0.05) is 17.0 Å². The second-order valence-corrected chi connectivity index (χ2v) is 6.15. The molecule has 0 unspecified atom stereocenters. The molecule has 0 aliphatic carbocycles. The van der Waals surface area contributed by atoms with Crippen LogP contribution in [0.1, 0.15) is 34.1 Å². The summed E-state index contributed by atoms with van der Waals surface area (Å²) in [6.45, 7) is 6.75. The summed E-state index contributed by atoms with van der Waals surface area (Å²) in [5.41, 5.74) is 9.86. The Bertz CT molecular complexity index is 614. The van der Waals surface area contributed by atoms with Crippen molar-refractivity contribution in [3.63, 3.8) is 0 Å². The Morgan fingerprint density at radius 2 is 1.90 bits per heavy atom. The highest BCUT2D eigenvalue weighted by atomic mass is 32.1. The first kappa shape index (κ1) is 14.6. The molecule has 0 bridgehead atoms. The average molecular weight is 288 g/mol. The quantitative estimate of drug-likeness (QED) is 0.900. The minimum absolute atomic E-state index is 0.0794. The highest BCUT2D eigenvalue weighted by Gasteiger charge is 2.21. The van der Waals surface area contributed by atoms with Crippen LogP contribution in [0.25, 0.3) is 11.1 Å². The Hall–Kier alpha value is -1.81. The van der Waals surface area contributed by atoms with Gasteiger partial charge in [-0.05, 0) is 25.8 Å². The second kappa shape index (κ2) is 6.09. The molecule has 0 fully saturated rings. The van der Waals surface area contributed by atoms with E-state index in [2.05, 4.69) is 17.4 Å². The summed E-state index contributed by atoms with van der Waals surface area (Å²) in [5, 5.41) is 3.50. The summed E-state index contributed by atoms with van der Waals surface area (Å²) < 4.78 is 0. The van der Waals surface area contributed by atoms with Gasteiger partial charge >= 0.3 is 0 Å². The van der Waals surface area contributed by atoms with Crippen molar-refractivity contribution in [2.75, 3.05) is 12.3 Å². The molecule has 0 radical (unpaired) electrons.